The minimum absolute atomic E-state index is 0.229. The Kier molecular flexibility index (Phi) is 7.20. The second-order valence-electron chi connectivity index (χ2n) is 9.82. The zero-order chi connectivity index (χ0) is 28.3. The molecular weight excluding hydrogens is 514 g/mol. The van der Waals surface area contributed by atoms with Crippen LogP contribution < -0.4 is 14.8 Å². The molecule has 1 aliphatic heterocycles. The van der Waals surface area contributed by atoms with Crippen LogP contribution in [0.25, 0.3) is 11.5 Å². The molecule has 1 aliphatic rings. The van der Waals surface area contributed by atoms with Crippen molar-refractivity contribution in [1.29, 1.82) is 0 Å². The molecule has 8 heteroatoms. The van der Waals surface area contributed by atoms with Crippen molar-refractivity contribution in [2.75, 3.05) is 19.0 Å². The Morgan fingerprint density at radius 2 is 1.71 bits per heavy atom. The minimum Gasteiger partial charge on any atom is -0.497 e. The molecule has 208 valence electrons. The van der Waals surface area contributed by atoms with Gasteiger partial charge in [0.25, 0.3) is 0 Å². The highest BCUT2D eigenvalue weighted by Gasteiger charge is 2.36. The Bertz CT molecular complexity index is 1660. The summed E-state index contributed by atoms with van der Waals surface area (Å²) in [5, 5.41) is 8.18. The molecule has 0 spiro atoms. The normalized spacial score (nSPS) is 14.1. The van der Waals surface area contributed by atoms with Crippen LogP contribution in [-0.2, 0) is 13.0 Å². The van der Waals surface area contributed by atoms with Gasteiger partial charge in [0.2, 0.25) is 0 Å². The van der Waals surface area contributed by atoms with Gasteiger partial charge in [-0.3, -0.25) is 0 Å². The van der Waals surface area contributed by atoms with Crippen LogP contribution in [0.2, 0.25) is 0 Å². The number of nitrogens with one attached hydrogen (secondary N) is 1. The molecule has 5 aromatic rings. The predicted molar refractivity (Wildman–Crippen MR) is 159 cm³/mol. The summed E-state index contributed by atoms with van der Waals surface area (Å²) in [5.41, 5.74) is 5.49. The van der Waals surface area contributed by atoms with Crippen molar-refractivity contribution in [3.05, 3.63) is 120 Å². The molecule has 1 atom stereocenters. The second kappa shape index (κ2) is 11.3. The van der Waals surface area contributed by atoms with Gasteiger partial charge in [-0.25, -0.2) is 9.48 Å². The Balaban J connectivity index is 1.53. The number of aryl methyl sites for hydroxylation is 1. The quantitative estimate of drug-likeness (QED) is 0.244. The monoisotopic (exact) mass is 547 g/mol. The number of nitrogens with zero attached hydrogens (tertiary/aromatic N) is 4. The number of hydrogen-bond donors (Lipinski definition) is 1. The van der Waals surface area contributed by atoms with E-state index in [-0.39, 0.29) is 12.1 Å². The maximum absolute atomic E-state index is 14.3. The highest BCUT2D eigenvalue weighted by molar-refractivity contribution is 5.91. The van der Waals surface area contributed by atoms with Gasteiger partial charge in [0.1, 0.15) is 17.3 Å². The van der Waals surface area contributed by atoms with Crippen molar-refractivity contribution in [2.45, 2.75) is 32.9 Å². The Morgan fingerprint density at radius 1 is 0.951 bits per heavy atom. The van der Waals surface area contributed by atoms with Crippen LogP contribution in [0, 0.1) is 0 Å². The van der Waals surface area contributed by atoms with E-state index >= 15 is 0 Å². The smallest absolute Gasteiger partial charge is 0.323 e. The number of fused-ring (bicyclic) bond motifs is 3. The number of urea groups is 1. The van der Waals surface area contributed by atoms with E-state index in [4.69, 9.17) is 14.6 Å². The van der Waals surface area contributed by atoms with Crippen LogP contribution in [0.1, 0.15) is 42.4 Å². The lowest BCUT2D eigenvalue weighted by molar-refractivity contribution is 0.194. The SMILES string of the molecule is CCOc1ccccc1NC(=O)N1Cc2c(CC)nn(-c3ccccc3)c2-n2cccc2[C@@H]1c1ccc(OC)cc1. The number of benzene rings is 3. The van der Waals surface area contributed by atoms with E-state index in [0.717, 1.165) is 46.2 Å². The van der Waals surface area contributed by atoms with E-state index in [2.05, 4.69) is 41.2 Å². The molecule has 0 unspecified atom stereocenters. The Labute approximate surface area is 239 Å². The van der Waals surface area contributed by atoms with Gasteiger partial charge in [-0.1, -0.05) is 49.4 Å². The molecule has 3 heterocycles. The lowest BCUT2D eigenvalue weighted by Crippen LogP contribution is -2.38. The minimum atomic E-state index is -0.378. The lowest BCUT2D eigenvalue weighted by Gasteiger charge is -2.31. The van der Waals surface area contributed by atoms with Crippen LogP contribution in [0.5, 0.6) is 11.5 Å². The van der Waals surface area contributed by atoms with Gasteiger partial charge in [0, 0.05) is 11.8 Å². The molecular formula is C33H33N5O3. The Hall–Kier alpha value is -4.98. The van der Waals surface area contributed by atoms with Crippen molar-refractivity contribution >= 4 is 11.7 Å². The van der Waals surface area contributed by atoms with E-state index in [1.165, 1.54) is 0 Å². The maximum atomic E-state index is 14.3. The number of methoxy groups -OCH3 is 1. The molecule has 6 rings (SSSR count). The third-order valence-corrected chi connectivity index (χ3v) is 7.42. The fourth-order valence-corrected chi connectivity index (χ4v) is 5.52. The van der Waals surface area contributed by atoms with Crippen molar-refractivity contribution in [1.82, 2.24) is 19.2 Å². The van der Waals surface area contributed by atoms with Gasteiger partial charge in [-0.15, -0.1) is 0 Å². The zero-order valence-corrected chi connectivity index (χ0v) is 23.4. The molecule has 8 nitrogen and oxygen atoms in total. The van der Waals surface area contributed by atoms with E-state index in [9.17, 15) is 4.79 Å². The van der Waals surface area contributed by atoms with Crippen molar-refractivity contribution in [3.8, 4) is 23.0 Å². The molecule has 3 aromatic carbocycles. The average Bonchev–Trinajstić information content (AvgIpc) is 3.60. The molecule has 0 aliphatic carbocycles. The summed E-state index contributed by atoms with van der Waals surface area (Å²) in [6.07, 6.45) is 2.78. The molecule has 1 N–H and O–H groups in total. The van der Waals surface area contributed by atoms with Gasteiger partial charge in [0.05, 0.1) is 49.1 Å². The van der Waals surface area contributed by atoms with E-state index in [0.29, 0.717) is 24.6 Å². The number of carbonyl (C=O) groups is 1. The average molecular weight is 548 g/mol. The number of para-hydroxylation sites is 3. The van der Waals surface area contributed by atoms with Gasteiger partial charge in [-0.05, 0) is 67.4 Å². The van der Waals surface area contributed by atoms with E-state index in [1.807, 2.05) is 89.3 Å². The largest absolute Gasteiger partial charge is 0.497 e. The number of rotatable bonds is 7. The third-order valence-electron chi connectivity index (χ3n) is 7.42. The summed E-state index contributed by atoms with van der Waals surface area (Å²) in [7, 11) is 1.65. The third kappa shape index (κ3) is 4.82. The summed E-state index contributed by atoms with van der Waals surface area (Å²) in [4.78, 5) is 16.2. The lowest BCUT2D eigenvalue weighted by atomic mass is 10.0. The first kappa shape index (κ1) is 26.3. The summed E-state index contributed by atoms with van der Waals surface area (Å²) in [5.74, 6) is 2.33. The number of ether oxygens (including phenoxy) is 2. The van der Waals surface area contributed by atoms with Gasteiger partial charge in [0.15, 0.2) is 0 Å². The summed E-state index contributed by atoms with van der Waals surface area (Å²) in [6.45, 7) is 4.90. The number of hydrogen-bond acceptors (Lipinski definition) is 4. The van der Waals surface area contributed by atoms with E-state index < -0.39 is 0 Å². The number of anilines is 1. The predicted octanol–water partition coefficient (Wildman–Crippen LogP) is 6.77. The highest BCUT2D eigenvalue weighted by Crippen LogP contribution is 2.39. The number of amides is 2. The number of aromatic nitrogens is 3. The molecule has 41 heavy (non-hydrogen) atoms. The van der Waals surface area contributed by atoms with Crippen LogP contribution in [-0.4, -0.2) is 39.0 Å². The van der Waals surface area contributed by atoms with Crippen molar-refractivity contribution < 1.29 is 14.3 Å². The first-order chi connectivity index (χ1) is 20.1. The molecule has 0 saturated heterocycles. The van der Waals surface area contributed by atoms with Gasteiger partial charge in [-0.2, -0.15) is 5.10 Å². The zero-order valence-electron chi connectivity index (χ0n) is 23.4. The summed E-state index contributed by atoms with van der Waals surface area (Å²) < 4.78 is 15.4. The van der Waals surface area contributed by atoms with E-state index in [1.54, 1.807) is 7.11 Å². The second-order valence-corrected chi connectivity index (χ2v) is 9.82. The molecule has 2 amide bonds. The van der Waals surface area contributed by atoms with Crippen LogP contribution in [0.3, 0.4) is 0 Å². The molecule has 2 aromatic heterocycles. The number of carbonyl (C=O) groups excluding carboxylic acids is 1. The molecule has 0 bridgehead atoms. The molecule has 0 fully saturated rings. The molecule has 0 saturated carbocycles. The fraction of sp³-hybridized carbons (Fsp3) is 0.212. The Morgan fingerprint density at radius 3 is 2.44 bits per heavy atom. The van der Waals surface area contributed by atoms with Gasteiger partial charge >= 0.3 is 6.03 Å². The standard InChI is InChI=1S/C33H33N5O3/c1-4-27-26-22-37(33(39)34-28-14-9-10-16-30(28)41-5-2)31(23-17-19-25(40-3)20-18-23)29-15-11-21-36(29)32(26)38(35-27)24-12-7-6-8-13-24/h6-21,31H,4-5,22H2,1-3H3,(H,34,39)/t31-/m0/s1. The highest BCUT2D eigenvalue weighted by atomic mass is 16.5. The van der Waals surface area contributed by atoms with Crippen molar-refractivity contribution in [3.63, 3.8) is 0 Å². The van der Waals surface area contributed by atoms with Crippen LogP contribution in [0.15, 0.2) is 97.2 Å². The van der Waals surface area contributed by atoms with Crippen LogP contribution >= 0.6 is 0 Å². The fourth-order valence-electron chi connectivity index (χ4n) is 5.52. The van der Waals surface area contributed by atoms with Gasteiger partial charge < -0.3 is 24.3 Å². The first-order valence-corrected chi connectivity index (χ1v) is 13.9. The summed E-state index contributed by atoms with van der Waals surface area (Å²) in [6, 6.07) is 29.1. The van der Waals surface area contributed by atoms with Crippen molar-refractivity contribution in [2.24, 2.45) is 0 Å². The topological polar surface area (TPSA) is 73.5 Å². The van der Waals surface area contributed by atoms with Crippen LogP contribution in [0.4, 0.5) is 10.5 Å². The summed E-state index contributed by atoms with van der Waals surface area (Å²) >= 11 is 0. The maximum Gasteiger partial charge on any atom is 0.323 e. The molecule has 0 radical (unpaired) electrons. The first-order valence-electron chi connectivity index (χ1n) is 13.9.